The van der Waals surface area contributed by atoms with Crippen molar-refractivity contribution in [2.24, 2.45) is 0 Å². The summed E-state index contributed by atoms with van der Waals surface area (Å²) in [6.07, 6.45) is 2.47. The van der Waals surface area contributed by atoms with Gasteiger partial charge < -0.3 is 14.6 Å². The van der Waals surface area contributed by atoms with Crippen LogP contribution >= 0.6 is 0 Å². The molecule has 1 saturated heterocycles. The molecule has 0 aliphatic carbocycles. The van der Waals surface area contributed by atoms with Crippen molar-refractivity contribution in [3.63, 3.8) is 0 Å². The third-order valence-electron chi connectivity index (χ3n) is 2.56. The van der Waals surface area contributed by atoms with E-state index in [0.29, 0.717) is 13.0 Å². The topological polar surface area (TPSA) is 72.8 Å². The van der Waals surface area contributed by atoms with Crippen molar-refractivity contribution in [2.75, 3.05) is 20.3 Å². The minimum Gasteiger partial charge on any atom is -0.475 e. The SMILES string of the molecule is COCC1(CC(=O)C(=O)O)CCCCO1. The number of methoxy groups -OCH3 is 1. The molecule has 1 aliphatic rings. The summed E-state index contributed by atoms with van der Waals surface area (Å²) in [5, 5.41) is 8.55. The third kappa shape index (κ3) is 3.28. The van der Waals surface area contributed by atoms with E-state index in [4.69, 9.17) is 14.6 Å². The molecule has 0 spiro atoms. The highest BCUT2D eigenvalue weighted by Crippen LogP contribution is 2.28. The number of carboxylic acid groups (broad SMARTS) is 1. The van der Waals surface area contributed by atoms with Gasteiger partial charge in [-0.15, -0.1) is 0 Å². The lowest BCUT2D eigenvalue weighted by atomic mass is 9.89. The van der Waals surface area contributed by atoms with Crippen LogP contribution in [0.15, 0.2) is 0 Å². The standard InChI is InChI=1S/C10H16O5/c1-14-7-10(4-2-3-5-15-10)6-8(11)9(12)13/h2-7H2,1H3,(H,12,13). The van der Waals surface area contributed by atoms with Gasteiger partial charge in [0.2, 0.25) is 5.78 Å². The molecule has 0 aromatic heterocycles. The maximum absolute atomic E-state index is 11.2. The maximum atomic E-state index is 11.2. The van der Waals surface area contributed by atoms with Crippen molar-refractivity contribution < 1.29 is 24.2 Å². The van der Waals surface area contributed by atoms with E-state index in [9.17, 15) is 9.59 Å². The Morgan fingerprint density at radius 1 is 1.47 bits per heavy atom. The number of ether oxygens (including phenoxy) is 2. The van der Waals surface area contributed by atoms with Crippen LogP contribution < -0.4 is 0 Å². The van der Waals surface area contributed by atoms with Crippen LogP contribution in [0.25, 0.3) is 0 Å². The average Bonchev–Trinajstić information content (AvgIpc) is 2.19. The van der Waals surface area contributed by atoms with Crippen LogP contribution in [0.2, 0.25) is 0 Å². The van der Waals surface area contributed by atoms with E-state index in [1.54, 1.807) is 0 Å². The predicted molar refractivity (Wildman–Crippen MR) is 51.7 cm³/mol. The molecular weight excluding hydrogens is 200 g/mol. The largest absolute Gasteiger partial charge is 0.475 e. The third-order valence-corrected chi connectivity index (χ3v) is 2.56. The Balaban J connectivity index is 2.63. The van der Waals surface area contributed by atoms with Gasteiger partial charge in [-0.2, -0.15) is 0 Å². The fourth-order valence-corrected chi connectivity index (χ4v) is 1.85. The van der Waals surface area contributed by atoms with E-state index in [0.717, 1.165) is 12.8 Å². The second-order valence-corrected chi connectivity index (χ2v) is 3.83. The monoisotopic (exact) mass is 216 g/mol. The molecule has 5 nitrogen and oxygen atoms in total. The second-order valence-electron chi connectivity index (χ2n) is 3.83. The molecule has 1 unspecified atom stereocenters. The van der Waals surface area contributed by atoms with Crippen LogP contribution in [0.3, 0.4) is 0 Å². The first kappa shape index (κ1) is 12.1. The van der Waals surface area contributed by atoms with Gasteiger partial charge in [0.25, 0.3) is 0 Å². The lowest BCUT2D eigenvalue weighted by Gasteiger charge is -2.35. The van der Waals surface area contributed by atoms with E-state index in [1.165, 1.54) is 7.11 Å². The number of carbonyl (C=O) groups is 2. The number of Topliss-reactive ketones (excluding diaryl/α,β-unsaturated/α-hetero) is 1. The fraction of sp³-hybridized carbons (Fsp3) is 0.800. The molecule has 86 valence electrons. The lowest BCUT2D eigenvalue weighted by Crippen LogP contribution is -2.43. The summed E-state index contributed by atoms with van der Waals surface area (Å²) in [5.41, 5.74) is -0.720. The van der Waals surface area contributed by atoms with Crippen molar-refractivity contribution in [1.29, 1.82) is 0 Å². The Hall–Kier alpha value is -0.940. The molecule has 0 aromatic carbocycles. The summed E-state index contributed by atoms with van der Waals surface area (Å²) in [5.74, 6) is -2.21. The van der Waals surface area contributed by atoms with E-state index < -0.39 is 17.4 Å². The number of hydrogen-bond acceptors (Lipinski definition) is 4. The Labute approximate surface area is 88.4 Å². The van der Waals surface area contributed by atoms with Crippen LogP contribution in [-0.2, 0) is 19.1 Å². The quantitative estimate of drug-likeness (QED) is 0.682. The zero-order valence-electron chi connectivity index (χ0n) is 8.82. The van der Waals surface area contributed by atoms with Crippen LogP contribution in [0.1, 0.15) is 25.7 Å². The molecule has 1 rings (SSSR count). The van der Waals surface area contributed by atoms with Crippen molar-refractivity contribution in [3.8, 4) is 0 Å². The summed E-state index contributed by atoms with van der Waals surface area (Å²) >= 11 is 0. The summed E-state index contributed by atoms with van der Waals surface area (Å²) < 4.78 is 10.5. The lowest BCUT2D eigenvalue weighted by molar-refractivity contribution is -0.158. The van der Waals surface area contributed by atoms with Gasteiger partial charge in [0.15, 0.2) is 0 Å². The second kappa shape index (κ2) is 5.23. The highest BCUT2D eigenvalue weighted by Gasteiger charge is 2.37. The first-order chi connectivity index (χ1) is 7.09. The molecule has 0 aromatic rings. The van der Waals surface area contributed by atoms with E-state index in [-0.39, 0.29) is 13.0 Å². The van der Waals surface area contributed by atoms with Gasteiger partial charge in [-0.1, -0.05) is 0 Å². The van der Waals surface area contributed by atoms with Gasteiger partial charge in [-0.05, 0) is 19.3 Å². The molecule has 1 fully saturated rings. The number of hydrogen-bond donors (Lipinski definition) is 1. The summed E-state index contributed by atoms with van der Waals surface area (Å²) in [6, 6.07) is 0. The molecule has 1 heterocycles. The van der Waals surface area contributed by atoms with Gasteiger partial charge in [0, 0.05) is 20.1 Å². The first-order valence-electron chi connectivity index (χ1n) is 4.99. The van der Waals surface area contributed by atoms with Crippen LogP contribution in [-0.4, -0.2) is 42.8 Å². The average molecular weight is 216 g/mol. The van der Waals surface area contributed by atoms with E-state index in [2.05, 4.69) is 0 Å². The highest BCUT2D eigenvalue weighted by atomic mass is 16.5. The van der Waals surface area contributed by atoms with Gasteiger partial charge in [0.1, 0.15) is 0 Å². The van der Waals surface area contributed by atoms with Crippen molar-refractivity contribution in [3.05, 3.63) is 0 Å². The Morgan fingerprint density at radius 3 is 2.67 bits per heavy atom. The summed E-state index contributed by atoms with van der Waals surface area (Å²) in [7, 11) is 1.52. The van der Waals surface area contributed by atoms with Crippen LogP contribution in [0.4, 0.5) is 0 Å². The Kier molecular flexibility index (Phi) is 4.23. The highest BCUT2D eigenvalue weighted by molar-refractivity contribution is 6.32. The van der Waals surface area contributed by atoms with Crippen molar-refractivity contribution in [2.45, 2.75) is 31.3 Å². The molecule has 1 aliphatic heterocycles. The minimum atomic E-state index is -1.40. The van der Waals surface area contributed by atoms with Gasteiger partial charge in [0.05, 0.1) is 12.2 Å². The predicted octanol–water partition coefficient (Wildman–Crippen LogP) is 0.616. The smallest absolute Gasteiger partial charge is 0.372 e. The van der Waals surface area contributed by atoms with Gasteiger partial charge in [-0.3, -0.25) is 4.79 Å². The van der Waals surface area contributed by atoms with Crippen molar-refractivity contribution in [1.82, 2.24) is 0 Å². The van der Waals surface area contributed by atoms with E-state index in [1.807, 2.05) is 0 Å². The maximum Gasteiger partial charge on any atom is 0.372 e. The fourth-order valence-electron chi connectivity index (χ4n) is 1.85. The number of carboxylic acids is 1. The number of carbonyl (C=O) groups excluding carboxylic acids is 1. The molecule has 0 amide bonds. The molecular formula is C10H16O5. The summed E-state index contributed by atoms with van der Waals surface area (Å²) in [6.45, 7) is 0.836. The Morgan fingerprint density at radius 2 is 2.20 bits per heavy atom. The van der Waals surface area contributed by atoms with Crippen LogP contribution in [0, 0.1) is 0 Å². The molecule has 0 radical (unpaired) electrons. The Bertz CT molecular complexity index is 237. The number of ketones is 1. The van der Waals surface area contributed by atoms with Crippen LogP contribution in [0.5, 0.6) is 0 Å². The zero-order valence-corrected chi connectivity index (χ0v) is 8.82. The molecule has 15 heavy (non-hydrogen) atoms. The minimum absolute atomic E-state index is 0.101. The molecule has 1 N–H and O–H groups in total. The first-order valence-corrected chi connectivity index (χ1v) is 4.99. The molecule has 5 heteroatoms. The van der Waals surface area contributed by atoms with Gasteiger partial charge >= 0.3 is 5.97 Å². The molecule has 0 saturated carbocycles. The normalized spacial score (nSPS) is 26.2. The van der Waals surface area contributed by atoms with Gasteiger partial charge in [-0.25, -0.2) is 4.79 Å². The number of rotatable bonds is 5. The van der Waals surface area contributed by atoms with Crippen molar-refractivity contribution >= 4 is 11.8 Å². The zero-order chi connectivity index (χ0) is 11.3. The summed E-state index contributed by atoms with van der Waals surface area (Å²) in [4.78, 5) is 21.6. The molecule has 1 atom stereocenters. The molecule has 0 bridgehead atoms. The van der Waals surface area contributed by atoms with E-state index >= 15 is 0 Å². The number of aliphatic carboxylic acids is 1.